The highest BCUT2D eigenvalue weighted by Crippen LogP contribution is 2.23. The Kier molecular flexibility index (Phi) is 5.96. The van der Waals surface area contributed by atoms with Gasteiger partial charge < -0.3 is 16.4 Å². The minimum absolute atomic E-state index is 0.0315. The number of amides is 3. The van der Waals surface area contributed by atoms with Crippen LogP contribution in [0, 0.1) is 0 Å². The van der Waals surface area contributed by atoms with Crippen LogP contribution in [0.5, 0.6) is 0 Å². The molecule has 0 saturated heterocycles. The second kappa shape index (κ2) is 7.96. The highest BCUT2D eigenvalue weighted by Gasteiger charge is 2.18. The number of carbonyl (C=O) groups excluding carboxylic acids is 2. The monoisotopic (exact) mass is 383 g/mol. The number of hydrogen-bond donors (Lipinski definition) is 5. The molecule has 0 bridgehead atoms. The molecule has 0 aliphatic rings. The molecule has 7 N–H and O–H groups in total. The van der Waals surface area contributed by atoms with Gasteiger partial charge in [0.05, 0.1) is 18.2 Å². The van der Waals surface area contributed by atoms with Crippen LogP contribution in [0.3, 0.4) is 0 Å². The molecule has 9 nitrogen and oxygen atoms in total. The van der Waals surface area contributed by atoms with Gasteiger partial charge in [0, 0.05) is 10.6 Å². The van der Waals surface area contributed by atoms with Gasteiger partial charge in [-0.3, -0.25) is 9.52 Å². The van der Waals surface area contributed by atoms with Crippen LogP contribution in [0.25, 0.3) is 0 Å². The number of thiophene rings is 1. The number of urea groups is 1. The maximum absolute atomic E-state index is 12.2. The molecule has 0 spiro atoms. The third kappa shape index (κ3) is 6.41. The Morgan fingerprint density at radius 1 is 1.16 bits per heavy atom. The van der Waals surface area contributed by atoms with Crippen molar-refractivity contribution in [2.45, 2.75) is 12.5 Å². The van der Waals surface area contributed by atoms with Crippen molar-refractivity contribution in [1.29, 1.82) is 0 Å². The van der Waals surface area contributed by atoms with Crippen LogP contribution < -0.4 is 26.2 Å². The van der Waals surface area contributed by atoms with E-state index < -0.39 is 22.3 Å². The van der Waals surface area contributed by atoms with Gasteiger partial charge in [0.15, 0.2) is 0 Å². The average molecular weight is 383 g/mol. The molecule has 0 radical (unpaired) electrons. The van der Waals surface area contributed by atoms with Gasteiger partial charge in [0.25, 0.3) is 10.2 Å². The molecule has 1 atom stereocenters. The molecule has 1 heterocycles. The van der Waals surface area contributed by atoms with E-state index in [1.807, 2.05) is 5.38 Å². The molecular weight excluding hydrogens is 366 g/mol. The summed E-state index contributed by atoms with van der Waals surface area (Å²) in [6.45, 7) is 0. The SMILES string of the molecule is NC(=O)NC(CC(=O)Nc1cccc(NS(N)(=O)=O)c1)c1cccs1. The molecule has 2 aromatic rings. The number of carbonyl (C=O) groups is 2. The number of benzene rings is 1. The largest absolute Gasteiger partial charge is 0.352 e. The lowest BCUT2D eigenvalue weighted by Crippen LogP contribution is -2.34. The zero-order valence-corrected chi connectivity index (χ0v) is 14.6. The lowest BCUT2D eigenvalue weighted by Gasteiger charge is -2.16. The van der Waals surface area contributed by atoms with Crippen LogP contribution in [0.2, 0.25) is 0 Å². The number of anilines is 2. The van der Waals surface area contributed by atoms with E-state index in [0.717, 1.165) is 4.88 Å². The van der Waals surface area contributed by atoms with Crippen molar-refractivity contribution in [2.75, 3.05) is 10.0 Å². The van der Waals surface area contributed by atoms with Crippen LogP contribution in [0.1, 0.15) is 17.3 Å². The summed E-state index contributed by atoms with van der Waals surface area (Å²) in [6.07, 6.45) is -0.0315. The molecule has 3 amide bonds. The van der Waals surface area contributed by atoms with E-state index in [0.29, 0.717) is 5.69 Å². The van der Waals surface area contributed by atoms with E-state index in [9.17, 15) is 18.0 Å². The fraction of sp³-hybridized carbons (Fsp3) is 0.143. The third-order valence-corrected chi connectivity index (χ3v) is 4.51. The van der Waals surface area contributed by atoms with Gasteiger partial charge in [-0.15, -0.1) is 11.3 Å². The van der Waals surface area contributed by atoms with Crippen LogP contribution in [-0.4, -0.2) is 20.4 Å². The number of nitrogens with one attached hydrogen (secondary N) is 3. The molecule has 25 heavy (non-hydrogen) atoms. The fourth-order valence-electron chi connectivity index (χ4n) is 2.11. The first-order valence-electron chi connectivity index (χ1n) is 7.03. The Balaban J connectivity index is 2.05. The molecule has 0 aliphatic carbocycles. The molecule has 0 aliphatic heterocycles. The maximum Gasteiger partial charge on any atom is 0.312 e. The van der Waals surface area contributed by atoms with E-state index in [-0.39, 0.29) is 18.0 Å². The van der Waals surface area contributed by atoms with Gasteiger partial charge in [0.1, 0.15) is 0 Å². The van der Waals surface area contributed by atoms with E-state index in [1.54, 1.807) is 24.3 Å². The molecule has 1 unspecified atom stereocenters. The smallest absolute Gasteiger partial charge is 0.312 e. The van der Waals surface area contributed by atoms with Crippen molar-refractivity contribution >= 4 is 44.9 Å². The van der Waals surface area contributed by atoms with Crippen molar-refractivity contribution in [3.8, 4) is 0 Å². The summed E-state index contributed by atoms with van der Waals surface area (Å²) in [5, 5.41) is 11.9. The molecule has 134 valence electrons. The van der Waals surface area contributed by atoms with Gasteiger partial charge in [-0.1, -0.05) is 12.1 Å². The molecular formula is C14H17N5O4S2. The third-order valence-electron chi connectivity index (χ3n) is 3.00. The second-order valence-electron chi connectivity index (χ2n) is 5.06. The maximum atomic E-state index is 12.2. The van der Waals surface area contributed by atoms with E-state index in [1.165, 1.54) is 23.5 Å². The van der Waals surface area contributed by atoms with Crippen LogP contribution >= 0.6 is 11.3 Å². The summed E-state index contributed by atoms with van der Waals surface area (Å²) >= 11 is 1.39. The number of nitrogens with two attached hydrogens (primary N) is 2. The van der Waals surface area contributed by atoms with Crippen molar-refractivity contribution < 1.29 is 18.0 Å². The van der Waals surface area contributed by atoms with Crippen molar-refractivity contribution in [3.63, 3.8) is 0 Å². The lowest BCUT2D eigenvalue weighted by molar-refractivity contribution is -0.116. The fourth-order valence-corrected chi connectivity index (χ4v) is 3.34. The normalized spacial score (nSPS) is 12.2. The van der Waals surface area contributed by atoms with Gasteiger partial charge in [-0.2, -0.15) is 8.42 Å². The number of hydrogen-bond acceptors (Lipinski definition) is 5. The van der Waals surface area contributed by atoms with Gasteiger partial charge >= 0.3 is 6.03 Å². The molecule has 11 heteroatoms. The minimum atomic E-state index is -3.91. The van der Waals surface area contributed by atoms with Crippen molar-refractivity contribution in [3.05, 3.63) is 46.7 Å². The number of primary amides is 1. The second-order valence-corrected chi connectivity index (χ2v) is 7.33. The summed E-state index contributed by atoms with van der Waals surface area (Å²) in [7, 11) is -3.91. The zero-order chi connectivity index (χ0) is 18.4. The standard InChI is InChI=1S/C14H17N5O4S2/c15-14(21)18-11(12-5-2-6-24-12)8-13(20)17-9-3-1-4-10(7-9)19-25(16,22)23/h1-7,11,19H,8H2,(H,17,20)(H3,15,18,21)(H2,16,22,23). The zero-order valence-electron chi connectivity index (χ0n) is 12.9. The summed E-state index contributed by atoms with van der Waals surface area (Å²) in [4.78, 5) is 24.2. The van der Waals surface area contributed by atoms with Gasteiger partial charge in [0.2, 0.25) is 5.91 Å². The highest BCUT2D eigenvalue weighted by atomic mass is 32.2. The first kappa shape index (κ1) is 18.7. The quantitative estimate of drug-likeness (QED) is 0.485. The number of rotatable bonds is 7. The Morgan fingerprint density at radius 2 is 1.88 bits per heavy atom. The molecule has 0 saturated carbocycles. The summed E-state index contributed by atoms with van der Waals surface area (Å²) in [5.41, 5.74) is 5.74. The Labute approximate surface area is 148 Å². The summed E-state index contributed by atoms with van der Waals surface area (Å²) in [6, 6.07) is 8.36. The summed E-state index contributed by atoms with van der Waals surface area (Å²) in [5.74, 6) is -0.375. The predicted octanol–water partition coefficient (Wildman–Crippen LogP) is 1.10. The minimum Gasteiger partial charge on any atom is -0.352 e. The molecule has 1 aromatic carbocycles. The van der Waals surface area contributed by atoms with E-state index >= 15 is 0 Å². The Bertz CT molecular complexity index is 852. The summed E-state index contributed by atoms with van der Waals surface area (Å²) < 4.78 is 24.2. The van der Waals surface area contributed by atoms with Crippen LogP contribution in [0.15, 0.2) is 41.8 Å². The molecule has 0 fully saturated rings. The van der Waals surface area contributed by atoms with Crippen LogP contribution in [-0.2, 0) is 15.0 Å². The van der Waals surface area contributed by atoms with Crippen molar-refractivity contribution in [2.24, 2.45) is 10.9 Å². The average Bonchev–Trinajstić information content (AvgIpc) is 2.98. The molecule has 2 rings (SSSR count). The van der Waals surface area contributed by atoms with Crippen LogP contribution in [0.4, 0.5) is 16.2 Å². The highest BCUT2D eigenvalue weighted by molar-refractivity contribution is 7.90. The Morgan fingerprint density at radius 3 is 2.48 bits per heavy atom. The van der Waals surface area contributed by atoms with Gasteiger partial charge in [-0.25, -0.2) is 9.93 Å². The first-order valence-corrected chi connectivity index (χ1v) is 9.45. The van der Waals surface area contributed by atoms with E-state index in [4.69, 9.17) is 10.9 Å². The topological polar surface area (TPSA) is 156 Å². The van der Waals surface area contributed by atoms with E-state index in [2.05, 4.69) is 15.4 Å². The van der Waals surface area contributed by atoms with Crippen molar-refractivity contribution in [1.82, 2.24) is 5.32 Å². The Hall–Kier alpha value is -2.63. The van der Waals surface area contributed by atoms with Gasteiger partial charge in [-0.05, 0) is 29.6 Å². The first-order chi connectivity index (χ1) is 11.7. The lowest BCUT2D eigenvalue weighted by atomic mass is 10.1. The predicted molar refractivity (Wildman–Crippen MR) is 96.2 cm³/mol. The molecule has 1 aromatic heterocycles.